The third kappa shape index (κ3) is 4.67. The predicted molar refractivity (Wildman–Crippen MR) is 121 cm³/mol. The van der Waals surface area contributed by atoms with Gasteiger partial charge in [0, 0.05) is 11.3 Å². The minimum absolute atomic E-state index is 0.0138. The second-order valence-electron chi connectivity index (χ2n) is 7.19. The monoisotopic (exact) mass is 436 g/mol. The molecule has 4 aromatic rings. The summed E-state index contributed by atoms with van der Waals surface area (Å²) in [6.45, 7) is 1.90. The summed E-state index contributed by atoms with van der Waals surface area (Å²) >= 11 is 0. The number of hydrogen-bond donors (Lipinski definition) is 4. The standard InChI is InChI=1S/C22H20N4O4S/c1-13-23-18-9-7-16(11-19(18)24-13)14-3-5-15(6-4-14)22(28)25-17-8-10-21(27)20(12-17)26-31(2,29)30/h3-12,26-27H,1-2H3,(H,23,24)(H,25,28). The van der Waals surface area contributed by atoms with Crippen LogP contribution in [0.3, 0.4) is 0 Å². The molecule has 0 aliphatic rings. The number of aromatic amines is 1. The molecule has 0 bridgehead atoms. The van der Waals surface area contributed by atoms with Crippen LogP contribution >= 0.6 is 0 Å². The number of anilines is 2. The first-order valence-corrected chi connectivity index (χ1v) is 11.3. The van der Waals surface area contributed by atoms with Gasteiger partial charge in [0.05, 0.1) is 23.0 Å². The smallest absolute Gasteiger partial charge is 0.255 e. The maximum atomic E-state index is 12.6. The van der Waals surface area contributed by atoms with Crippen molar-refractivity contribution in [2.24, 2.45) is 0 Å². The van der Waals surface area contributed by atoms with Crippen molar-refractivity contribution in [1.82, 2.24) is 9.97 Å². The van der Waals surface area contributed by atoms with E-state index in [1.54, 1.807) is 12.1 Å². The number of hydrogen-bond acceptors (Lipinski definition) is 5. The fourth-order valence-corrected chi connectivity index (χ4v) is 3.79. The summed E-state index contributed by atoms with van der Waals surface area (Å²) in [5, 5.41) is 12.5. The summed E-state index contributed by atoms with van der Waals surface area (Å²) in [6, 6.07) is 17.2. The molecule has 9 heteroatoms. The summed E-state index contributed by atoms with van der Waals surface area (Å²) in [5.41, 5.74) is 4.57. The molecule has 0 atom stereocenters. The Labute approximate surface area is 179 Å². The van der Waals surface area contributed by atoms with Crippen LogP contribution in [0.5, 0.6) is 5.75 Å². The second-order valence-corrected chi connectivity index (χ2v) is 8.94. The van der Waals surface area contributed by atoms with Crippen molar-refractivity contribution in [3.8, 4) is 16.9 Å². The maximum absolute atomic E-state index is 12.6. The van der Waals surface area contributed by atoms with Gasteiger partial charge in [0.1, 0.15) is 11.6 Å². The summed E-state index contributed by atoms with van der Waals surface area (Å²) in [6.07, 6.45) is 0.977. The van der Waals surface area contributed by atoms with Gasteiger partial charge in [-0.05, 0) is 60.5 Å². The molecule has 0 fully saturated rings. The molecular formula is C22H20N4O4S. The van der Waals surface area contributed by atoms with Gasteiger partial charge in [-0.15, -0.1) is 0 Å². The Morgan fingerprint density at radius 1 is 1.00 bits per heavy atom. The SMILES string of the molecule is Cc1nc2ccc(-c3ccc(C(=O)Nc4ccc(O)c(NS(C)(=O)=O)c4)cc3)cc2[nH]1. The second kappa shape index (κ2) is 7.77. The zero-order valence-corrected chi connectivity index (χ0v) is 17.6. The number of nitrogens with one attached hydrogen (secondary N) is 3. The highest BCUT2D eigenvalue weighted by atomic mass is 32.2. The first-order chi connectivity index (χ1) is 14.7. The number of rotatable bonds is 5. The number of aromatic nitrogens is 2. The van der Waals surface area contributed by atoms with Crippen molar-refractivity contribution in [2.75, 3.05) is 16.3 Å². The lowest BCUT2D eigenvalue weighted by Crippen LogP contribution is -2.13. The Balaban J connectivity index is 1.52. The normalized spacial score (nSPS) is 11.4. The quantitative estimate of drug-likeness (QED) is 0.279. The van der Waals surface area contributed by atoms with Gasteiger partial charge in [-0.2, -0.15) is 0 Å². The van der Waals surface area contributed by atoms with E-state index in [-0.39, 0.29) is 17.3 Å². The number of fused-ring (bicyclic) bond motifs is 1. The largest absolute Gasteiger partial charge is 0.506 e. The average molecular weight is 436 g/mol. The summed E-state index contributed by atoms with van der Waals surface area (Å²) in [5.74, 6) is 0.252. The molecule has 0 spiro atoms. The van der Waals surface area contributed by atoms with E-state index in [4.69, 9.17) is 0 Å². The van der Waals surface area contributed by atoms with Gasteiger partial charge in [0.15, 0.2) is 0 Å². The maximum Gasteiger partial charge on any atom is 0.255 e. The van der Waals surface area contributed by atoms with E-state index in [1.165, 1.54) is 18.2 Å². The molecule has 0 unspecified atom stereocenters. The lowest BCUT2D eigenvalue weighted by Gasteiger charge is -2.10. The van der Waals surface area contributed by atoms with Crippen LogP contribution in [0.15, 0.2) is 60.7 Å². The Hall–Kier alpha value is -3.85. The van der Waals surface area contributed by atoms with Gasteiger partial charge in [-0.1, -0.05) is 18.2 Å². The van der Waals surface area contributed by atoms with Crippen LogP contribution in [0.2, 0.25) is 0 Å². The number of H-pyrrole nitrogens is 1. The van der Waals surface area contributed by atoms with E-state index < -0.39 is 10.0 Å². The molecular weight excluding hydrogens is 416 g/mol. The number of phenols is 1. The summed E-state index contributed by atoms with van der Waals surface area (Å²) < 4.78 is 25.0. The number of carbonyl (C=O) groups is 1. The lowest BCUT2D eigenvalue weighted by molar-refractivity contribution is 0.102. The molecule has 0 saturated heterocycles. The number of aromatic hydroxyl groups is 1. The van der Waals surface area contributed by atoms with E-state index in [9.17, 15) is 18.3 Å². The fraction of sp³-hybridized carbons (Fsp3) is 0.0909. The molecule has 31 heavy (non-hydrogen) atoms. The van der Waals surface area contributed by atoms with Crippen LogP contribution in [0.25, 0.3) is 22.2 Å². The Kier molecular flexibility index (Phi) is 5.12. The lowest BCUT2D eigenvalue weighted by atomic mass is 10.0. The van der Waals surface area contributed by atoms with Crippen LogP contribution in [0.1, 0.15) is 16.2 Å². The number of amides is 1. The summed E-state index contributed by atoms with van der Waals surface area (Å²) in [4.78, 5) is 20.2. The number of benzene rings is 3. The highest BCUT2D eigenvalue weighted by Crippen LogP contribution is 2.28. The third-order valence-corrected chi connectivity index (χ3v) is 5.22. The summed E-state index contributed by atoms with van der Waals surface area (Å²) in [7, 11) is -3.57. The molecule has 3 aromatic carbocycles. The molecule has 1 amide bonds. The van der Waals surface area contributed by atoms with Gasteiger partial charge in [-0.25, -0.2) is 13.4 Å². The minimum Gasteiger partial charge on any atom is -0.506 e. The molecule has 1 heterocycles. The van der Waals surface area contributed by atoms with Crippen molar-refractivity contribution in [3.63, 3.8) is 0 Å². The van der Waals surface area contributed by atoms with Crippen molar-refractivity contribution in [3.05, 3.63) is 72.1 Å². The molecule has 4 N–H and O–H groups in total. The van der Waals surface area contributed by atoms with Crippen LogP contribution in [0.4, 0.5) is 11.4 Å². The molecule has 0 aliphatic carbocycles. The molecule has 1 aromatic heterocycles. The van der Waals surface area contributed by atoms with E-state index in [2.05, 4.69) is 20.0 Å². The van der Waals surface area contributed by atoms with E-state index in [1.807, 2.05) is 37.3 Å². The first kappa shape index (κ1) is 20.4. The van der Waals surface area contributed by atoms with Crippen molar-refractivity contribution >= 4 is 38.3 Å². The molecule has 158 valence electrons. The first-order valence-electron chi connectivity index (χ1n) is 9.37. The molecule has 0 saturated carbocycles. The van der Waals surface area contributed by atoms with Crippen LogP contribution in [-0.2, 0) is 10.0 Å². The zero-order valence-electron chi connectivity index (χ0n) is 16.8. The average Bonchev–Trinajstić information content (AvgIpc) is 3.08. The predicted octanol–water partition coefficient (Wildman–Crippen LogP) is 3.87. The highest BCUT2D eigenvalue weighted by molar-refractivity contribution is 7.92. The number of nitrogens with zero attached hydrogens (tertiary/aromatic N) is 1. The Bertz CT molecular complexity index is 1390. The molecule has 8 nitrogen and oxygen atoms in total. The van der Waals surface area contributed by atoms with Gasteiger partial charge in [0.25, 0.3) is 5.91 Å². The Morgan fingerprint density at radius 2 is 1.71 bits per heavy atom. The van der Waals surface area contributed by atoms with Crippen LogP contribution in [0, 0.1) is 6.92 Å². The molecule has 4 rings (SSSR count). The molecule has 0 radical (unpaired) electrons. The van der Waals surface area contributed by atoms with Gasteiger partial charge in [-0.3, -0.25) is 9.52 Å². The molecule has 0 aliphatic heterocycles. The van der Waals surface area contributed by atoms with Crippen LogP contribution < -0.4 is 10.0 Å². The number of aryl methyl sites for hydroxylation is 1. The third-order valence-electron chi connectivity index (χ3n) is 4.63. The topological polar surface area (TPSA) is 124 Å². The van der Waals surface area contributed by atoms with Gasteiger partial charge >= 0.3 is 0 Å². The van der Waals surface area contributed by atoms with Gasteiger partial charge in [0.2, 0.25) is 10.0 Å². The number of imidazole rings is 1. The highest BCUT2D eigenvalue weighted by Gasteiger charge is 2.11. The minimum atomic E-state index is -3.57. The van der Waals surface area contributed by atoms with Crippen molar-refractivity contribution in [2.45, 2.75) is 6.92 Å². The number of phenolic OH excluding ortho intramolecular Hbond substituents is 1. The fourth-order valence-electron chi connectivity index (χ4n) is 3.23. The van der Waals surface area contributed by atoms with Crippen molar-refractivity contribution in [1.29, 1.82) is 0 Å². The van der Waals surface area contributed by atoms with Gasteiger partial charge < -0.3 is 15.4 Å². The van der Waals surface area contributed by atoms with Crippen LogP contribution in [-0.4, -0.2) is 35.7 Å². The number of sulfonamides is 1. The van der Waals surface area contributed by atoms with E-state index in [0.29, 0.717) is 11.3 Å². The van der Waals surface area contributed by atoms with E-state index >= 15 is 0 Å². The zero-order chi connectivity index (χ0) is 22.2. The van der Waals surface area contributed by atoms with Crippen molar-refractivity contribution < 1.29 is 18.3 Å². The number of carbonyl (C=O) groups excluding carboxylic acids is 1. The van der Waals surface area contributed by atoms with E-state index in [0.717, 1.165) is 34.2 Å². The Morgan fingerprint density at radius 3 is 2.42 bits per heavy atom.